The second-order valence-electron chi connectivity index (χ2n) is 3.12. The van der Waals surface area contributed by atoms with Crippen molar-refractivity contribution in [1.82, 2.24) is 5.32 Å². The summed E-state index contributed by atoms with van der Waals surface area (Å²) < 4.78 is 4.61. The van der Waals surface area contributed by atoms with Crippen molar-refractivity contribution >= 4 is 18.1 Å². The van der Waals surface area contributed by atoms with Crippen molar-refractivity contribution in [3.63, 3.8) is 0 Å². The monoisotopic (exact) mass is 235 g/mol. The highest BCUT2D eigenvalue weighted by Crippen LogP contribution is 2.05. The largest absolute Gasteiger partial charge is 0.477 e. The summed E-state index contributed by atoms with van der Waals surface area (Å²) in [6.07, 6.45) is 0.580. The zero-order valence-corrected chi connectivity index (χ0v) is 9.34. The zero-order chi connectivity index (χ0) is 12.7. The number of hydrogen-bond acceptors (Lipinski definition) is 3. The van der Waals surface area contributed by atoms with Gasteiger partial charge in [0.25, 0.3) is 0 Å². The molecular weight excluding hydrogens is 222 g/mol. The molecule has 0 aliphatic rings. The summed E-state index contributed by atoms with van der Waals surface area (Å²) in [6, 6.07) is 8.83. The van der Waals surface area contributed by atoms with Crippen molar-refractivity contribution in [2.45, 2.75) is 6.92 Å². The molecule has 0 aliphatic carbocycles. The Morgan fingerprint density at radius 3 is 2.53 bits per heavy atom. The topological polar surface area (TPSA) is 75.6 Å². The third-order valence-electron chi connectivity index (χ3n) is 1.85. The Balaban J connectivity index is 2.83. The summed E-state index contributed by atoms with van der Waals surface area (Å²) in [5, 5.41) is 11.1. The van der Waals surface area contributed by atoms with Gasteiger partial charge in [-0.15, -0.1) is 0 Å². The molecule has 0 heterocycles. The molecule has 17 heavy (non-hydrogen) atoms. The Labute approximate surface area is 98.7 Å². The fourth-order valence-electron chi connectivity index (χ4n) is 1.14. The van der Waals surface area contributed by atoms with Crippen LogP contribution in [0, 0.1) is 0 Å². The lowest BCUT2D eigenvalue weighted by atomic mass is 10.2. The summed E-state index contributed by atoms with van der Waals surface area (Å²) in [6.45, 7) is 1.82. The van der Waals surface area contributed by atoms with E-state index < -0.39 is 12.1 Å². The van der Waals surface area contributed by atoms with E-state index >= 15 is 0 Å². The molecule has 5 nitrogen and oxygen atoms in total. The Hall–Kier alpha value is -2.30. The average molecular weight is 235 g/mol. The van der Waals surface area contributed by atoms with E-state index in [1.165, 1.54) is 6.08 Å². The number of carboxylic acid groups (broad SMARTS) is 1. The number of carbonyl (C=O) groups excluding carboxylic acids is 1. The van der Waals surface area contributed by atoms with Gasteiger partial charge in [-0.3, -0.25) is 5.32 Å². The van der Waals surface area contributed by atoms with Gasteiger partial charge in [-0.25, -0.2) is 9.59 Å². The zero-order valence-electron chi connectivity index (χ0n) is 9.34. The third kappa shape index (κ3) is 4.38. The van der Waals surface area contributed by atoms with Gasteiger partial charge >= 0.3 is 12.1 Å². The van der Waals surface area contributed by atoms with Gasteiger partial charge in [0.15, 0.2) is 0 Å². The number of amides is 1. The number of carbonyl (C=O) groups is 2. The minimum atomic E-state index is -1.22. The standard InChI is InChI=1S/C12H13NO4/c1-2-17-12(16)13-10(11(14)15)8-9-6-4-3-5-7-9/h3-8H,2H2,1H3,(H,13,16)(H,14,15). The molecule has 0 aromatic heterocycles. The van der Waals surface area contributed by atoms with E-state index in [-0.39, 0.29) is 12.3 Å². The van der Waals surface area contributed by atoms with Crippen molar-refractivity contribution in [3.05, 3.63) is 41.6 Å². The average Bonchev–Trinajstić information content (AvgIpc) is 2.29. The number of benzene rings is 1. The quantitative estimate of drug-likeness (QED) is 0.781. The molecule has 0 aliphatic heterocycles. The van der Waals surface area contributed by atoms with E-state index in [4.69, 9.17) is 5.11 Å². The van der Waals surface area contributed by atoms with Crippen LogP contribution in [0.1, 0.15) is 12.5 Å². The first kappa shape index (κ1) is 12.8. The van der Waals surface area contributed by atoms with Crippen LogP contribution < -0.4 is 5.32 Å². The van der Waals surface area contributed by atoms with Gasteiger partial charge in [0.1, 0.15) is 5.70 Å². The maximum Gasteiger partial charge on any atom is 0.411 e. The van der Waals surface area contributed by atoms with Crippen molar-refractivity contribution in [1.29, 1.82) is 0 Å². The summed E-state index contributed by atoms with van der Waals surface area (Å²) in [7, 11) is 0. The highest BCUT2D eigenvalue weighted by atomic mass is 16.5. The molecular formula is C12H13NO4. The smallest absolute Gasteiger partial charge is 0.411 e. The fraction of sp³-hybridized carbons (Fsp3) is 0.167. The molecule has 1 aromatic rings. The van der Waals surface area contributed by atoms with E-state index in [0.717, 1.165) is 0 Å². The SMILES string of the molecule is CCOC(=O)NC(=Cc1ccccc1)C(=O)O. The lowest BCUT2D eigenvalue weighted by molar-refractivity contribution is -0.132. The number of hydrogen-bond donors (Lipinski definition) is 2. The van der Waals surface area contributed by atoms with E-state index in [9.17, 15) is 9.59 Å². The molecule has 1 aromatic carbocycles. The molecule has 1 amide bonds. The highest BCUT2D eigenvalue weighted by molar-refractivity contribution is 5.95. The van der Waals surface area contributed by atoms with Gasteiger partial charge in [-0.2, -0.15) is 0 Å². The Kier molecular flexibility index (Phi) is 4.75. The number of rotatable bonds is 4. The number of ether oxygens (including phenoxy) is 1. The first-order valence-electron chi connectivity index (χ1n) is 5.07. The fourth-order valence-corrected chi connectivity index (χ4v) is 1.14. The molecule has 1 rings (SSSR count). The predicted molar refractivity (Wildman–Crippen MR) is 62.2 cm³/mol. The summed E-state index contributed by atoms with van der Waals surface area (Å²) >= 11 is 0. The minimum absolute atomic E-state index is 0.185. The van der Waals surface area contributed by atoms with Crippen molar-refractivity contribution in [2.24, 2.45) is 0 Å². The van der Waals surface area contributed by atoms with Gasteiger partial charge in [0, 0.05) is 0 Å². The molecule has 5 heteroatoms. The van der Waals surface area contributed by atoms with Crippen molar-refractivity contribution < 1.29 is 19.4 Å². The Morgan fingerprint density at radius 2 is 2.00 bits per heavy atom. The van der Waals surface area contributed by atoms with Crippen LogP contribution in [-0.4, -0.2) is 23.8 Å². The molecule has 0 radical (unpaired) electrons. The molecule has 0 saturated carbocycles. The summed E-state index contributed by atoms with van der Waals surface area (Å²) in [5.74, 6) is -1.22. The van der Waals surface area contributed by atoms with Crippen LogP contribution >= 0.6 is 0 Å². The van der Waals surface area contributed by atoms with Crippen LogP contribution in [0.3, 0.4) is 0 Å². The normalized spacial score (nSPS) is 10.8. The number of aliphatic carboxylic acids is 1. The first-order valence-corrected chi connectivity index (χ1v) is 5.07. The number of carboxylic acids is 1. The van der Waals surface area contributed by atoms with E-state index in [1.54, 1.807) is 31.2 Å². The lowest BCUT2D eigenvalue weighted by Crippen LogP contribution is -2.27. The van der Waals surface area contributed by atoms with Crippen LogP contribution in [0.4, 0.5) is 4.79 Å². The summed E-state index contributed by atoms with van der Waals surface area (Å²) in [4.78, 5) is 22.0. The lowest BCUT2D eigenvalue weighted by Gasteiger charge is -2.05. The molecule has 2 N–H and O–H groups in total. The molecule has 0 spiro atoms. The predicted octanol–water partition coefficient (Wildman–Crippen LogP) is 1.86. The van der Waals surface area contributed by atoms with Gasteiger partial charge in [-0.05, 0) is 18.6 Å². The second kappa shape index (κ2) is 6.32. The molecule has 90 valence electrons. The molecule has 0 fully saturated rings. The number of nitrogens with one attached hydrogen (secondary N) is 1. The minimum Gasteiger partial charge on any atom is -0.477 e. The molecule has 0 atom stereocenters. The van der Waals surface area contributed by atoms with Crippen molar-refractivity contribution in [2.75, 3.05) is 6.61 Å². The maximum atomic E-state index is 11.1. The van der Waals surface area contributed by atoms with Gasteiger partial charge < -0.3 is 9.84 Å². The van der Waals surface area contributed by atoms with Gasteiger partial charge in [-0.1, -0.05) is 30.3 Å². The van der Waals surface area contributed by atoms with Crippen LogP contribution in [0.15, 0.2) is 36.0 Å². The van der Waals surface area contributed by atoms with E-state index in [1.807, 2.05) is 6.07 Å². The van der Waals surface area contributed by atoms with Gasteiger partial charge in [0.05, 0.1) is 6.61 Å². The second-order valence-corrected chi connectivity index (χ2v) is 3.12. The Morgan fingerprint density at radius 1 is 1.35 bits per heavy atom. The van der Waals surface area contributed by atoms with Crippen LogP contribution in [0.25, 0.3) is 6.08 Å². The van der Waals surface area contributed by atoms with Crippen LogP contribution in [0.5, 0.6) is 0 Å². The van der Waals surface area contributed by atoms with Crippen LogP contribution in [-0.2, 0) is 9.53 Å². The molecule has 0 saturated heterocycles. The Bertz CT molecular complexity index is 425. The highest BCUT2D eigenvalue weighted by Gasteiger charge is 2.11. The third-order valence-corrected chi connectivity index (χ3v) is 1.85. The van der Waals surface area contributed by atoms with Crippen molar-refractivity contribution in [3.8, 4) is 0 Å². The van der Waals surface area contributed by atoms with Crippen LogP contribution in [0.2, 0.25) is 0 Å². The summed E-state index contributed by atoms with van der Waals surface area (Å²) in [5.41, 5.74) is 0.455. The number of alkyl carbamates (subject to hydrolysis) is 1. The first-order chi connectivity index (χ1) is 8.13. The maximum absolute atomic E-state index is 11.1. The van der Waals surface area contributed by atoms with E-state index in [2.05, 4.69) is 10.1 Å². The van der Waals surface area contributed by atoms with Gasteiger partial charge in [0.2, 0.25) is 0 Å². The van der Waals surface area contributed by atoms with E-state index in [0.29, 0.717) is 5.56 Å². The molecule has 0 bridgehead atoms. The molecule has 0 unspecified atom stereocenters.